The highest BCUT2D eigenvalue weighted by Gasteiger charge is 2.39. The molecule has 7 heteroatoms. The fourth-order valence-corrected chi connectivity index (χ4v) is 3.43. The number of nitrogens with one attached hydrogen (secondary N) is 1. The summed E-state index contributed by atoms with van der Waals surface area (Å²) in [6.45, 7) is 5.12. The third-order valence-corrected chi connectivity index (χ3v) is 3.95. The number of carbonyl (C=O) groups excluding carboxylic acids is 1. The minimum Gasteiger partial charge on any atom is -0.444 e. The number of carbonyl (C=O) groups is 1. The van der Waals surface area contributed by atoms with Crippen molar-refractivity contribution in [1.29, 1.82) is 5.26 Å². The van der Waals surface area contributed by atoms with Crippen molar-refractivity contribution in [2.45, 2.75) is 32.4 Å². The molecule has 0 radical (unpaired) electrons. The van der Waals surface area contributed by atoms with Gasteiger partial charge >= 0.3 is 6.09 Å². The van der Waals surface area contributed by atoms with Crippen molar-refractivity contribution < 1.29 is 17.9 Å². The summed E-state index contributed by atoms with van der Waals surface area (Å²) in [5.74, 6) is -1.11. The molecule has 1 saturated heterocycles. The van der Waals surface area contributed by atoms with Crippen molar-refractivity contribution in [2.24, 2.45) is 5.92 Å². The van der Waals surface area contributed by atoms with E-state index < -0.39 is 33.5 Å². The van der Waals surface area contributed by atoms with Crippen LogP contribution in [0.15, 0.2) is 0 Å². The van der Waals surface area contributed by atoms with E-state index in [1.165, 1.54) is 0 Å². The number of ether oxygens (including phenoxy) is 1. The molecule has 1 rings (SSSR count). The Morgan fingerprint density at radius 1 is 1.41 bits per heavy atom. The first-order valence-corrected chi connectivity index (χ1v) is 7.05. The smallest absolute Gasteiger partial charge is 0.407 e. The number of hydrogen-bond donors (Lipinski definition) is 1. The molecule has 96 valence electrons. The van der Waals surface area contributed by atoms with E-state index in [4.69, 9.17) is 10.00 Å². The molecule has 1 heterocycles. The molecular formula is C10H16N2O4S. The van der Waals surface area contributed by atoms with Crippen LogP contribution in [0.1, 0.15) is 20.8 Å². The third-order valence-electron chi connectivity index (χ3n) is 2.22. The molecule has 1 aliphatic rings. The number of amides is 1. The summed E-state index contributed by atoms with van der Waals surface area (Å²) in [4.78, 5) is 11.4. The van der Waals surface area contributed by atoms with Gasteiger partial charge in [-0.2, -0.15) is 5.26 Å². The maximum atomic E-state index is 11.4. The van der Waals surface area contributed by atoms with Crippen LogP contribution in [-0.4, -0.2) is 37.7 Å². The molecule has 0 aromatic rings. The zero-order valence-electron chi connectivity index (χ0n) is 10.1. The molecule has 0 aromatic heterocycles. The summed E-state index contributed by atoms with van der Waals surface area (Å²) in [5, 5.41) is 11.2. The highest BCUT2D eigenvalue weighted by atomic mass is 32.2. The molecule has 1 fully saturated rings. The van der Waals surface area contributed by atoms with E-state index in [-0.39, 0.29) is 11.5 Å². The number of hydrogen-bond acceptors (Lipinski definition) is 5. The fourth-order valence-electron chi connectivity index (χ4n) is 1.58. The Morgan fingerprint density at radius 3 is 2.47 bits per heavy atom. The van der Waals surface area contributed by atoms with Crippen LogP contribution in [0, 0.1) is 17.2 Å². The fraction of sp³-hybridized carbons (Fsp3) is 0.800. The average molecular weight is 260 g/mol. The predicted octanol–water partition coefficient (Wildman–Crippen LogP) is 0.448. The van der Waals surface area contributed by atoms with Gasteiger partial charge in [-0.25, -0.2) is 13.2 Å². The highest BCUT2D eigenvalue weighted by molar-refractivity contribution is 7.91. The quantitative estimate of drug-likeness (QED) is 0.738. The molecular weight excluding hydrogens is 244 g/mol. The van der Waals surface area contributed by atoms with Crippen molar-refractivity contribution >= 4 is 15.9 Å². The van der Waals surface area contributed by atoms with E-state index in [0.29, 0.717) is 0 Å². The molecule has 17 heavy (non-hydrogen) atoms. The molecule has 0 unspecified atom stereocenters. The van der Waals surface area contributed by atoms with Gasteiger partial charge in [0.05, 0.1) is 29.5 Å². The summed E-state index contributed by atoms with van der Waals surface area (Å²) >= 11 is 0. The van der Waals surface area contributed by atoms with Gasteiger partial charge in [-0.3, -0.25) is 0 Å². The number of rotatable bonds is 1. The maximum absolute atomic E-state index is 11.4. The molecule has 0 aliphatic carbocycles. The van der Waals surface area contributed by atoms with Crippen molar-refractivity contribution in [3.8, 4) is 6.07 Å². The standard InChI is InChI=1S/C10H16N2O4S/c1-10(2,3)16-9(13)12-8-6-17(14,15)5-7(8)4-11/h7-8H,5-6H2,1-3H3,(H,12,13)/t7-,8-/m1/s1. The van der Waals surface area contributed by atoms with Crippen LogP contribution in [0.3, 0.4) is 0 Å². The maximum Gasteiger partial charge on any atom is 0.407 e. The lowest BCUT2D eigenvalue weighted by molar-refractivity contribution is 0.0504. The lowest BCUT2D eigenvalue weighted by Crippen LogP contribution is -2.42. The second kappa shape index (κ2) is 4.53. The van der Waals surface area contributed by atoms with Gasteiger partial charge in [0.25, 0.3) is 0 Å². The number of nitriles is 1. The zero-order chi connectivity index (χ0) is 13.3. The van der Waals surface area contributed by atoms with E-state index in [1.54, 1.807) is 20.8 Å². The van der Waals surface area contributed by atoms with Gasteiger partial charge in [-0.15, -0.1) is 0 Å². The topological polar surface area (TPSA) is 96.3 Å². The van der Waals surface area contributed by atoms with Crippen LogP contribution in [-0.2, 0) is 14.6 Å². The van der Waals surface area contributed by atoms with E-state index in [2.05, 4.69) is 5.32 Å². The normalized spacial score (nSPS) is 27.2. The van der Waals surface area contributed by atoms with Crippen LogP contribution in [0.2, 0.25) is 0 Å². The molecule has 2 atom stereocenters. The van der Waals surface area contributed by atoms with Gasteiger partial charge in [0, 0.05) is 0 Å². The predicted molar refractivity (Wildman–Crippen MR) is 60.9 cm³/mol. The zero-order valence-corrected chi connectivity index (χ0v) is 10.9. The molecule has 0 saturated carbocycles. The van der Waals surface area contributed by atoms with Crippen molar-refractivity contribution in [3.63, 3.8) is 0 Å². The first-order chi connectivity index (χ1) is 7.63. The molecule has 1 amide bonds. The molecule has 1 N–H and O–H groups in total. The van der Waals surface area contributed by atoms with E-state index in [1.807, 2.05) is 6.07 Å². The summed E-state index contributed by atoms with van der Waals surface area (Å²) in [6, 6.07) is 1.21. The minimum absolute atomic E-state index is 0.204. The Balaban J connectivity index is 2.64. The average Bonchev–Trinajstić information content (AvgIpc) is 2.36. The molecule has 0 aromatic carbocycles. The first-order valence-electron chi connectivity index (χ1n) is 5.22. The van der Waals surface area contributed by atoms with E-state index >= 15 is 0 Å². The van der Waals surface area contributed by atoms with Gasteiger partial charge in [0.1, 0.15) is 5.60 Å². The summed E-state index contributed by atoms with van der Waals surface area (Å²) < 4.78 is 27.7. The SMILES string of the molecule is CC(C)(C)OC(=O)N[C@@H]1CS(=O)(=O)C[C@H]1C#N. The molecule has 0 bridgehead atoms. The Bertz CT molecular complexity index is 444. The third kappa shape index (κ3) is 4.23. The second-order valence-electron chi connectivity index (χ2n) is 5.07. The van der Waals surface area contributed by atoms with Crippen molar-refractivity contribution in [3.05, 3.63) is 0 Å². The van der Waals surface area contributed by atoms with E-state index in [0.717, 1.165) is 0 Å². The van der Waals surface area contributed by atoms with E-state index in [9.17, 15) is 13.2 Å². The van der Waals surface area contributed by atoms with Crippen LogP contribution in [0.5, 0.6) is 0 Å². The number of alkyl carbamates (subject to hydrolysis) is 1. The number of nitrogens with zero attached hydrogens (tertiary/aromatic N) is 1. The summed E-state index contributed by atoms with van der Waals surface area (Å²) in [6.07, 6.45) is -0.695. The van der Waals surface area contributed by atoms with Crippen LogP contribution < -0.4 is 5.32 Å². The second-order valence-corrected chi connectivity index (χ2v) is 7.22. The first kappa shape index (κ1) is 13.8. The molecule has 6 nitrogen and oxygen atoms in total. The van der Waals surface area contributed by atoms with Gasteiger partial charge in [-0.05, 0) is 20.8 Å². The Morgan fingerprint density at radius 2 is 2.00 bits per heavy atom. The van der Waals surface area contributed by atoms with Crippen molar-refractivity contribution in [1.82, 2.24) is 5.32 Å². The van der Waals surface area contributed by atoms with Gasteiger partial charge in [0.15, 0.2) is 9.84 Å². The Hall–Kier alpha value is -1.29. The van der Waals surface area contributed by atoms with Gasteiger partial charge in [-0.1, -0.05) is 0 Å². The minimum atomic E-state index is -3.24. The Labute approximate surface area is 101 Å². The summed E-state index contributed by atoms with van der Waals surface area (Å²) in [5.41, 5.74) is -0.649. The van der Waals surface area contributed by atoms with Crippen LogP contribution in [0.25, 0.3) is 0 Å². The van der Waals surface area contributed by atoms with Gasteiger partial charge in [0.2, 0.25) is 0 Å². The van der Waals surface area contributed by atoms with Crippen LogP contribution in [0.4, 0.5) is 4.79 Å². The Kier molecular flexibility index (Phi) is 3.67. The molecule has 0 spiro atoms. The largest absolute Gasteiger partial charge is 0.444 e. The number of sulfone groups is 1. The van der Waals surface area contributed by atoms with Crippen LogP contribution >= 0.6 is 0 Å². The lowest BCUT2D eigenvalue weighted by Gasteiger charge is -2.22. The van der Waals surface area contributed by atoms with Crippen molar-refractivity contribution in [2.75, 3.05) is 11.5 Å². The highest BCUT2D eigenvalue weighted by Crippen LogP contribution is 2.19. The molecule has 1 aliphatic heterocycles. The van der Waals surface area contributed by atoms with Gasteiger partial charge < -0.3 is 10.1 Å². The summed E-state index contributed by atoms with van der Waals surface area (Å²) in [7, 11) is -3.24. The lowest BCUT2D eigenvalue weighted by atomic mass is 10.1. The monoisotopic (exact) mass is 260 g/mol.